The van der Waals surface area contributed by atoms with E-state index < -0.39 is 23.9 Å². The number of nitrogens with zero attached hydrogens (tertiary/aromatic N) is 1. The van der Waals surface area contributed by atoms with E-state index in [0.29, 0.717) is 6.42 Å². The summed E-state index contributed by atoms with van der Waals surface area (Å²) in [5.74, 6) is 0.528. The molecule has 6 nitrogen and oxygen atoms in total. The normalized spacial score (nSPS) is 34.5. The number of anilines is 1. The van der Waals surface area contributed by atoms with Crippen LogP contribution in [0.3, 0.4) is 0 Å². The second-order valence-corrected chi connectivity index (χ2v) is 7.31. The lowest BCUT2D eigenvalue weighted by atomic mass is 9.91. The molecule has 2 fully saturated rings. The number of rotatable bonds is 3. The molecule has 3 aliphatic heterocycles. The van der Waals surface area contributed by atoms with Gasteiger partial charge in [0.15, 0.2) is 0 Å². The summed E-state index contributed by atoms with van der Waals surface area (Å²) in [5.41, 5.74) is 0.390. The Kier molecular flexibility index (Phi) is 3.32. The standard InChI is InChI=1S/C16H19N3O3S/c1-23-7-6-11-14(21)19-12(13(20)17-11)8-16(22)9-4-2-3-5-10(9)18-15(16)19/h2-5,11-12,15,18,22H,6-8H2,1H3,(H,17,20)/t11-,12-,15-,16+/m0/s1. The number of piperazine rings is 1. The lowest BCUT2D eigenvalue weighted by Gasteiger charge is -2.37. The Morgan fingerprint density at radius 2 is 2.13 bits per heavy atom. The highest BCUT2D eigenvalue weighted by Crippen LogP contribution is 2.49. The highest BCUT2D eigenvalue weighted by atomic mass is 32.2. The molecule has 1 aromatic rings. The van der Waals surface area contributed by atoms with Crippen LogP contribution in [-0.4, -0.2) is 52.1 Å². The van der Waals surface area contributed by atoms with Crippen LogP contribution in [0.1, 0.15) is 18.4 Å². The zero-order valence-electron chi connectivity index (χ0n) is 12.8. The number of para-hydroxylation sites is 1. The van der Waals surface area contributed by atoms with Crippen molar-refractivity contribution in [2.45, 2.75) is 36.7 Å². The summed E-state index contributed by atoms with van der Waals surface area (Å²) in [6.45, 7) is 0. The molecule has 1 aromatic carbocycles. The average Bonchev–Trinajstić information content (AvgIpc) is 2.99. The van der Waals surface area contributed by atoms with E-state index >= 15 is 0 Å². The van der Waals surface area contributed by atoms with Gasteiger partial charge in [0.1, 0.15) is 23.9 Å². The van der Waals surface area contributed by atoms with Crippen LogP contribution in [0.5, 0.6) is 0 Å². The first-order valence-corrected chi connectivity index (χ1v) is 9.15. The molecule has 23 heavy (non-hydrogen) atoms. The fourth-order valence-corrected chi connectivity index (χ4v) is 4.41. The van der Waals surface area contributed by atoms with Crippen LogP contribution in [0, 0.1) is 0 Å². The van der Waals surface area contributed by atoms with Crippen molar-refractivity contribution in [3.05, 3.63) is 29.8 Å². The van der Waals surface area contributed by atoms with Crippen molar-refractivity contribution in [2.24, 2.45) is 0 Å². The molecule has 0 radical (unpaired) electrons. The van der Waals surface area contributed by atoms with Gasteiger partial charge in [0.05, 0.1) is 0 Å². The number of benzene rings is 1. The molecule has 0 aromatic heterocycles. The van der Waals surface area contributed by atoms with E-state index in [-0.39, 0.29) is 18.2 Å². The van der Waals surface area contributed by atoms with E-state index in [1.807, 2.05) is 30.5 Å². The molecule has 4 rings (SSSR count). The molecular weight excluding hydrogens is 314 g/mol. The number of thioether (sulfide) groups is 1. The summed E-state index contributed by atoms with van der Waals surface area (Å²) < 4.78 is 0. The molecule has 0 aliphatic carbocycles. The summed E-state index contributed by atoms with van der Waals surface area (Å²) in [5, 5.41) is 17.2. The number of carbonyl (C=O) groups excluding carboxylic acids is 2. The van der Waals surface area contributed by atoms with E-state index in [1.165, 1.54) is 0 Å². The number of hydrogen-bond donors (Lipinski definition) is 3. The van der Waals surface area contributed by atoms with Gasteiger partial charge in [-0.25, -0.2) is 0 Å². The number of nitrogens with one attached hydrogen (secondary N) is 2. The third-order valence-electron chi connectivity index (χ3n) is 5.04. The predicted octanol–water partition coefficient (Wildman–Crippen LogP) is 0.478. The number of aliphatic hydroxyl groups is 1. The van der Waals surface area contributed by atoms with Crippen molar-refractivity contribution >= 4 is 29.3 Å². The maximum atomic E-state index is 12.8. The quantitative estimate of drug-likeness (QED) is 0.749. The maximum Gasteiger partial charge on any atom is 0.247 e. The summed E-state index contributed by atoms with van der Waals surface area (Å²) in [7, 11) is 0. The predicted molar refractivity (Wildman–Crippen MR) is 87.9 cm³/mol. The zero-order chi connectivity index (χ0) is 16.2. The minimum Gasteiger partial charge on any atom is -0.381 e. The van der Waals surface area contributed by atoms with E-state index in [1.54, 1.807) is 16.7 Å². The lowest BCUT2D eigenvalue weighted by Crippen LogP contribution is -2.64. The van der Waals surface area contributed by atoms with Gasteiger partial charge in [0.2, 0.25) is 11.8 Å². The maximum absolute atomic E-state index is 12.8. The molecular formula is C16H19N3O3S. The van der Waals surface area contributed by atoms with Gasteiger partial charge in [0, 0.05) is 17.7 Å². The van der Waals surface area contributed by atoms with Gasteiger partial charge in [-0.15, -0.1) is 0 Å². The first-order valence-electron chi connectivity index (χ1n) is 7.76. The Balaban J connectivity index is 1.69. The highest BCUT2D eigenvalue weighted by molar-refractivity contribution is 7.98. The summed E-state index contributed by atoms with van der Waals surface area (Å²) >= 11 is 1.65. The lowest BCUT2D eigenvalue weighted by molar-refractivity contribution is -0.149. The zero-order valence-corrected chi connectivity index (χ0v) is 13.6. The smallest absolute Gasteiger partial charge is 0.247 e. The van der Waals surface area contributed by atoms with Crippen LogP contribution >= 0.6 is 11.8 Å². The Hall–Kier alpha value is -1.73. The van der Waals surface area contributed by atoms with Crippen molar-refractivity contribution in [1.29, 1.82) is 0 Å². The fourth-order valence-electron chi connectivity index (χ4n) is 3.94. The minimum atomic E-state index is -1.21. The molecule has 2 saturated heterocycles. The highest BCUT2D eigenvalue weighted by Gasteiger charge is 2.62. The first kappa shape index (κ1) is 14.8. The first-order chi connectivity index (χ1) is 11.1. The number of amides is 2. The molecule has 0 unspecified atom stereocenters. The third kappa shape index (κ3) is 1.99. The minimum absolute atomic E-state index is 0.107. The molecule has 2 amide bonds. The van der Waals surface area contributed by atoms with Gasteiger partial charge in [-0.1, -0.05) is 18.2 Å². The number of carbonyl (C=O) groups is 2. The summed E-state index contributed by atoms with van der Waals surface area (Å²) in [4.78, 5) is 26.8. The van der Waals surface area contributed by atoms with Crippen molar-refractivity contribution in [3.63, 3.8) is 0 Å². The van der Waals surface area contributed by atoms with Crippen molar-refractivity contribution in [2.75, 3.05) is 17.3 Å². The van der Waals surface area contributed by atoms with Crippen molar-refractivity contribution in [1.82, 2.24) is 10.2 Å². The molecule has 0 bridgehead atoms. The monoisotopic (exact) mass is 333 g/mol. The van der Waals surface area contributed by atoms with Gasteiger partial charge in [0.25, 0.3) is 0 Å². The molecule has 0 spiro atoms. The molecule has 122 valence electrons. The van der Waals surface area contributed by atoms with E-state index in [4.69, 9.17) is 0 Å². The summed E-state index contributed by atoms with van der Waals surface area (Å²) in [6.07, 6.45) is 2.24. The number of fused-ring (bicyclic) bond motifs is 5. The third-order valence-corrected chi connectivity index (χ3v) is 5.68. The van der Waals surface area contributed by atoms with Crippen LogP contribution in [0.2, 0.25) is 0 Å². The van der Waals surface area contributed by atoms with Crippen molar-refractivity contribution < 1.29 is 14.7 Å². The Bertz CT molecular complexity index is 682. The topological polar surface area (TPSA) is 81.7 Å². The van der Waals surface area contributed by atoms with Crippen LogP contribution in [0.25, 0.3) is 0 Å². The molecule has 3 N–H and O–H groups in total. The molecule has 3 aliphatic rings. The van der Waals surface area contributed by atoms with Gasteiger partial charge in [-0.05, 0) is 24.5 Å². The van der Waals surface area contributed by atoms with Crippen LogP contribution < -0.4 is 10.6 Å². The fraction of sp³-hybridized carbons (Fsp3) is 0.500. The van der Waals surface area contributed by atoms with Gasteiger partial charge >= 0.3 is 0 Å². The van der Waals surface area contributed by atoms with Crippen LogP contribution in [0.15, 0.2) is 24.3 Å². The Morgan fingerprint density at radius 1 is 1.35 bits per heavy atom. The van der Waals surface area contributed by atoms with Crippen LogP contribution in [-0.2, 0) is 15.2 Å². The molecule has 0 saturated carbocycles. The van der Waals surface area contributed by atoms with Gasteiger partial charge < -0.3 is 20.6 Å². The Morgan fingerprint density at radius 3 is 2.91 bits per heavy atom. The van der Waals surface area contributed by atoms with E-state index in [0.717, 1.165) is 17.0 Å². The molecule has 3 heterocycles. The van der Waals surface area contributed by atoms with Gasteiger partial charge in [-0.3, -0.25) is 9.59 Å². The molecule has 7 heteroatoms. The van der Waals surface area contributed by atoms with Gasteiger partial charge in [-0.2, -0.15) is 11.8 Å². The Labute approximate surface area is 138 Å². The second-order valence-electron chi connectivity index (χ2n) is 6.32. The summed E-state index contributed by atoms with van der Waals surface area (Å²) in [6, 6.07) is 6.39. The second kappa shape index (κ2) is 5.14. The van der Waals surface area contributed by atoms with Crippen molar-refractivity contribution in [3.8, 4) is 0 Å². The average molecular weight is 333 g/mol. The van der Waals surface area contributed by atoms with Crippen LogP contribution in [0.4, 0.5) is 5.69 Å². The molecule has 4 atom stereocenters. The van der Waals surface area contributed by atoms with E-state index in [9.17, 15) is 14.7 Å². The SMILES string of the molecule is CSCC[C@@H]1NC(=O)[C@@H]2C[C@@]3(O)c4ccccc4N[C@H]3N2C1=O. The number of hydrogen-bond acceptors (Lipinski definition) is 5. The van der Waals surface area contributed by atoms with E-state index in [2.05, 4.69) is 10.6 Å². The largest absolute Gasteiger partial charge is 0.381 e.